The Morgan fingerprint density at radius 3 is 2.48 bits per heavy atom. The number of anilines is 2. The highest BCUT2D eigenvalue weighted by atomic mass is 15.3. The molecule has 0 spiro atoms. The van der Waals surface area contributed by atoms with E-state index in [2.05, 4.69) is 69.2 Å². The summed E-state index contributed by atoms with van der Waals surface area (Å²) < 4.78 is 0. The van der Waals surface area contributed by atoms with Gasteiger partial charge in [0.05, 0.1) is 28.7 Å². The lowest BCUT2D eigenvalue weighted by atomic mass is 10.0. The van der Waals surface area contributed by atoms with Crippen LogP contribution in [0.2, 0.25) is 0 Å². The number of nitriles is 1. The van der Waals surface area contributed by atoms with Gasteiger partial charge in [0.15, 0.2) is 0 Å². The maximum absolute atomic E-state index is 9.47. The quantitative estimate of drug-likeness (QED) is 0.667. The van der Waals surface area contributed by atoms with Crippen LogP contribution in [-0.2, 0) is 6.54 Å². The van der Waals surface area contributed by atoms with E-state index in [9.17, 15) is 5.26 Å². The van der Waals surface area contributed by atoms with E-state index in [4.69, 9.17) is 4.98 Å². The molecule has 2 saturated heterocycles. The van der Waals surface area contributed by atoms with Crippen LogP contribution in [0.15, 0.2) is 48.8 Å². The van der Waals surface area contributed by atoms with Crippen LogP contribution in [0.3, 0.4) is 0 Å². The highest BCUT2D eigenvalue weighted by molar-refractivity contribution is 5.95. The lowest BCUT2D eigenvalue weighted by molar-refractivity contribution is 0.121. The molecule has 4 heterocycles. The van der Waals surface area contributed by atoms with Crippen molar-refractivity contribution in [3.05, 3.63) is 60.0 Å². The predicted octanol–water partition coefficient (Wildman–Crippen LogP) is 3.01. The number of fused-ring (bicyclic) bond motifs is 1. The van der Waals surface area contributed by atoms with Gasteiger partial charge in [-0.1, -0.05) is 0 Å². The lowest BCUT2D eigenvalue weighted by Gasteiger charge is -2.45. The molecule has 1 N–H and O–H groups in total. The Hall–Kier alpha value is -3.21. The molecule has 33 heavy (non-hydrogen) atoms. The van der Waals surface area contributed by atoms with Crippen molar-refractivity contribution < 1.29 is 0 Å². The maximum Gasteiger partial charge on any atom is 0.101 e. The fourth-order valence-electron chi connectivity index (χ4n) is 5.20. The third kappa shape index (κ3) is 4.37. The van der Waals surface area contributed by atoms with Gasteiger partial charge in [0, 0.05) is 75.2 Å². The van der Waals surface area contributed by atoms with E-state index in [-0.39, 0.29) is 0 Å². The van der Waals surface area contributed by atoms with Crippen LogP contribution < -0.4 is 15.1 Å². The zero-order valence-corrected chi connectivity index (χ0v) is 19.4. The second-order valence-corrected chi connectivity index (χ2v) is 9.16. The molecule has 2 aliphatic heterocycles. The van der Waals surface area contributed by atoms with Gasteiger partial charge in [-0.15, -0.1) is 0 Å². The largest absolute Gasteiger partial charge is 0.368 e. The Bertz CT molecular complexity index is 1140. The summed E-state index contributed by atoms with van der Waals surface area (Å²) in [6.45, 7) is 11.4. The maximum atomic E-state index is 9.47. The topological polar surface area (TPSA) is 71.3 Å². The van der Waals surface area contributed by atoms with E-state index < -0.39 is 0 Å². The molecule has 170 valence electrons. The van der Waals surface area contributed by atoms with Gasteiger partial charge >= 0.3 is 0 Å². The summed E-state index contributed by atoms with van der Waals surface area (Å²) in [7, 11) is 0. The molecule has 0 unspecified atom stereocenters. The smallest absolute Gasteiger partial charge is 0.101 e. The molecule has 0 bridgehead atoms. The molecule has 0 radical (unpaired) electrons. The van der Waals surface area contributed by atoms with E-state index in [1.165, 1.54) is 5.69 Å². The Morgan fingerprint density at radius 1 is 1.00 bits per heavy atom. The van der Waals surface area contributed by atoms with Crippen LogP contribution in [0, 0.1) is 11.3 Å². The average molecular weight is 442 g/mol. The summed E-state index contributed by atoms with van der Waals surface area (Å²) >= 11 is 0. The normalized spacial score (nSPS) is 21.8. The van der Waals surface area contributed by atoms with Crippen molar-refractivity contribution in [3.8, 4) is 6.07 Å². The predicted molar refractivity (Wildman–Crippen MR) is 132 cm³/mol. The molecule has 3 aromatic rings. The highest BCUT2D eigenvalue weighted by Crippen LogP contribution is 2.31. The minimum absolute atomic E-state index is 0.380. The van der Waals surface area contributed by atoms with Gasteiger partial charge in [0.25, 0.3) is 0 Å². The molecule has 0 amide bonds. The van der Waals surface area contributed by atoms with Gasteiger partial charge in [-0.3, -0.25) is 14.9 Å². The zero-order chi connectivity index (χ0) is 22.8. The first-order valence-corrected chi connectivity index (χ1v) is 11.8. The third-order valence-electron chi connectivity index (χ3n) is 6.95. The SMILES string of the molecule is C[C@@H]1CN(c2ccc(C#N)c3ncccc23)C[C@H](C)N1Cc1ccc(N2CCNCC2)cn1. The average Bonchev–Trinajstić information content (AvgIpc) is 2.86. The van der Waals surface area contributed by atoms with Crippen molar-refractivity contribution in [2.45, 2.75) is 32.5 Å². The molecule has 1 aromatic carbocycles. The first-order valence-electron chi connectivity index (χ1n) is 11.8. The zero-order valence-electron chi connectivity index (χ0n) is 19.4. The number of hydrogen-bond acceptors (Lipinski definition) is 7. The van der Waals surface area contributed by atoms with Crippen molar-refractivity contribution >= 4 is 22.3 Å². The Morgan fingerprint density at radius 2 is 1.79 bits per heavy atom. The standard InChI is InChI=1S/C26H31N7/c1-19-16-32(25-8-5-21(14-27)26-24(25)4-3-9-29-26)17-20(2)33(19)18-22-6-7-23(15-30-22)31-12-10-28-11-13-31/h3-9,15,19-20,28H,10-13,16-18H2,1-2H3/t19-,20+. The number of pyridine rings is 2. The number of piperazine rings is 2. The Labute approximate surface area is 195 Å². The lowest BCUT2D eigenvalue weighted by Crippen LogP contribution is -2.56. The van der Waals surface area contributed by atoms with Gasteiger partial charge < -0.3 is 15.1 Å². The van der Waals surface area contributed by atoms with Gasteiger partial charge in [0.1, 0.15) is 6.07 Å². The summed E-state index contributed by atoms with van der Waals surface area (Å²) in [6, 6.07) is 15.4. The molecule has 7 heteroatoms. The highest BCUT2D eigenvalue weighted by Gasteiger charge is 2.30. The first-order chi connectivity index (χ1) is 16.1. The van der Waals surface area contributed by atoms with Crippen LogP contribution in [0.1, 0.15) is 25.1 Å². The van der Waals surface area contributed by atoms with Gasteiger partial charge in [-0.25, -0.2) is 0 Å². The van der Waals surface area contributed by atoms with Crippen molar-refractivity contribution in [2.75, 3.05) is 49.1 Å². The number of aromatic nitrogens is 2. The molecule has 0 saturated carbocycles. The van der Waals surface area contributed by atoms with Crippen molar-refractivity contribution in [1.29, 1.82) is 5.26 Å². The van der Waals surface area contributed by atoms with Crippen LogP contribution in [-0.4, -0.2) is 66.2 Å². The number of nitrogens with one attached hydrogen (secondary N) is 1. The van der Waals surface area contributed by atoms with Crippen LogP contribution in [0.5, 0.6) is 0 Å². The van der Waals surface area contributed by atoms with E-state index >= 15 is 0 Å². The third-order valence-corrected chi connectivity index (χ3v) is 6.95. The minimum Gasteiger partial charge on any atom is -0.368 e. The van der Waals surface area contributed by atoms with Crippen molar-refractivity contribution in [3.63, 3.8) is 0 Å². The summed E-state index contributed by atoms with van der Waals surface area (Å²) in [5.41, 5.74) is 4.91. The van der Waals surface area contributed by atoms with Gasteiger partial charge in [-0.05, 0) is 50.2 Å². The molecule has 2 aliphatic rings. The fourth-order valence-corrected chi connectivity index (χ4v) is 5.20. The van der Waals surface area contributed by atoms with E-state index in [0.717, 1.165) is 68.1 Å². The Kier molecular flexibility index (Phi) is 6.12. The second kappa shape index (κ2) is 9.34. The summed E-state index contributed by atoms with van der Waals surface area (Å²) in [4.78, 5) is 16.7. The molecular formula is C26H31N7. The second-order valence-electron chi connectivity index (χ2n) is 9.16. The molecular weight excluding hydrogens is 410 g/mol. The van der Waals surface area contributed by atoms with Crippen molar-refractivity contribution in [2.24, 2.45) is 0 Å². The molecule has 2 aromatic heterocycles. The summed E-state index contributed by atoms with van der Waals surface area (Å²) in [5, 5.41) is 13.9. The molecule has 2 atom stereocenters. The number of rotatable bonds is 4. The summed E-state index contributed by atoms with van der Waals surface area (Å²) in [5.74, 6) is 0. The molecule has 2 fully saturated rings. The number of nitrogens with zero attached hydrogens (tertiary/aromatic N) is 6. The minimum atomic E-state index is 0.380. The van der Waals surface area contributed by atoms with Crippen molar-refractivity contribution in [1.82, 2.24) is 20.2 Å². The molecule has 7 nitrogen and oxygen atoms in total. The number of hydrogen-bond donors (Lipinski definition) is 1. The van der Waals surface area contributed by atoms with Gasteiger partial charge in [-0.2, -0.15) is 5.26 Å². The van der Waals surface area contributed by atoms with E-state index in [0.29, 0.717) is 17.6 Å². The van der Waals surface area contributed by atoms with Gasteiger partial charge in [0.2, 0.25) is 0 Å². The summed E-state index contributed by atoms with van der Waals surface area (Å²) in [6.07, 6.45) is 3.79. The van der Waals surface area contributed by atoms with Crippen LogP contribution in [0.4, 0.5) is 11.4 Å². The fraction of sp³-hybridized carbons (Fsp3) is 0.423. The first kappa shape index (κ1) is 21.6. The van der Waals surface area contributed by atoms with Crippen LogP contribution >= 0.6 is 0 Å². The Balaban J connectivity index is 1.30. The molecule has 5 rings (SSSR count). The number of benzene rings is 1. The molecule has 0 aliphatic carbocycles. The van der Waals surface area contributed by atoms with E-state index in [1.807, 2.05) is 18.3 Å². The van der Waals surface area contributed by atoms with E-state index in [1.54, 1.807) is 6.20 Å². The van der Waals surface area contributed by atoms with Crippen LogP contribution in [0.25, 0.3) is 10.9 Å². The monoisotopic (exact) mass is 441 g/mol.